The van der Waals surface area contributed by atoms with Crippen LogP contribution in [0.1, 0.15) is 84.5 Å². The molecule has 0 radical (unpaired) electrons. The van der Waals surface area contributed by atoms with Crippen LogP contribution in [0.5, 0.6) is 0 Å². The maximum absolute atomic E-state index is 11.1. The van der Waals surface area contributed by atoms with Crippen molar-refractivity contribution in [1.82, 2.24) is 4.90 Å². The van der Waals surface area contributed by atoms with Gasteiger partial charge in [0.15, 0.2) is 6.10 Å². The number of urea groups is 1. The summed E-state index contributed by atoms with van der Waals surface area (Å²) in [5.74, 6) is -0.0953. The van der Waals surface area contributed by atoms with E-state index in [0.29, 0.717) is 36.7 Å². The van der Waals surface area contributed by atoms with Gasteiger partial charge < -0.3 is 31.1 Å². The lowest BCUT2D eigenvalue weighted by atomic mass is 9.60. The summed E-state index contributed by atoms with van der Waals surface area (Å²) in [4.78, 5) is 23.3. The summed E-state index contributed by atoms with van der Waals surface area (Å²) >= 11 is 0. The molecule has 0 aromatic rings. The van der Waals surface area contributed by atoms with Crippen molar-refractivity contribution in [3.8, 4) is 0 Å². The van der Waals surface area contributed by atoms with Crippen molar-refractivity contribution in [1.29, 1.82) is 0 Å². The molecule has 3 aliphatic carbocycles. The Balaban J connectivity index is 0.000000375. The summed E-state index contributed by atoms with van der Waals surface area (Å²) in [7, 11) is 0. The van der Waals surface area contributed by atoms with Gasteiger partial charge in [-0.05, 0) is 98.5 Å². The lowest BCUT2D eigenvalue weighted by Gasteiger charge is -2.44. The number of carboxylic acids is 1. The van der Waals surface area contributed by atoms with Crippen LogP contribution in [-0.4, -0.2) is 68.7 Å². The third-order valence-electron chi connectivity index (χ3n) is 9.54. The third kappa shape index (κ3) is 7.27. The number of likely N-dealkylation sites (tertiary alicyclic amines) is 1. The molecule has 4 aliphatic rings. The zero-order chi connectivity index (χ0) is 28.0. The normalized spacial score (nSPS) is 35.3. The van der Waals surface area contributed by atoms with Gasteiger partial charge in [0, 0.05) is 19.5 Å². The minimum atomic E-state index is -1.29. The maximum atomic E-state index is 11.1. The lowest BCUT2D eigenvalue weighted by molar-refractivity contribution is -0.147. The van der Waals surface area contributed by atoms with E-state index in [-0.39, 0.29) is 17.4 Å². The average Bonchev–Trinajstić information content (AvgIpc) is 3.23. The third-order valence-corrected chi connectivity index (χ3v) is 9.54. The van der Waals surface area contributed by atoms with Crippen molar-refractivity contribution in [3.05, 3.63) is 35.5 Å². The second-order valence-electron chi connectivity index (χ2n) is 12.1. The molecule has 0 bridgehead atoms. The first-order chi connectivity index (χ1) is 17.9. The van der Waals surface area contributed by atoms with Gasteiger partial charge in [0.25, 0.3) is 0 Å². The molecule has 1 unspecified atom stereocenters. The van der Waals surface area contributed by atoms with Crippen molar-refractivity contribution in [2.75, 3.05) is 13.1 Å². The molecular formula is C30H48N2O6. The van der Waals surface area contributed by atoms with Crippen molar-refractivity contribution in [2.24, 2.45) is 28.9 Å². The SMILES string of the molecule is C=C1/C(=C\C=C2CCC[C@]3(C)[C@@H]([C@H](C)CC(O)C(=O)O)CC[C@@H]23)C[C@H](O)C[C@H]1O.NC(=O)N1CCCCC1. The minimum absolute atomic E-state index is 0.128. The summed E-state index contributed by atoms with van der Waals surface area (Å²) in [6.07, 6.45) is 11.9. The maximum Gasteiger partial charge on any atom is 0.332 e. The minimum Gasteiger partial charge on any atom is -0.479 e. The van der Waals surface area contributed by atoms with E-state index in [2.05, 4.69) is 26.5 Å². The molecule has 8 heteroatoms. The number of aliphatic hydroxyl groups excluding tert-OH is 3. The fourth-order valence-corrected chi connectivity index (χ4v) is 7.41. The Morgan fingerprint density at radius 3 is 2.45 bits per heavy atom. The number of amides is 2. The van der Waals surface area contributed by atoms with Crippen LogP contribution in [0.25, 0.3) is 0 Å². The Kier molecular flexibility index (Phi) is 10.6. The zero-order valence-corrected chi connectivity index (χ0v) is 23.1. The van der Waals surface area contributed by atoms with Gasteiger partial charge >= 0.3 is 12.0 Å². The molecule has 1 heterocycles. The van der Waals surface area contributed by atoms with Crippen LogP contribution in [0.4, 0.5) is 4.79 Å². The number of primary amides is 1. The van der Waals surface area contributed by atoms with E-state index in [1.165, 1.54) is 12.0 Å². The Bertz CT molecular complexity index is 924. The molecule has 3 saturated carbocycles. The summed E-state index contributed by atoms with van der Waals surface area (Å²) in [5.41, 5.74) is 8.25. The number of carbonyl (C=O) groups excluding carboxylic acids is 1. The van der Waals surface area contributed by atoms with Crippen LogP contribution in [-0.2, 0) is 4.79 Å². The van der Waals surface area contributed by atoms with Crippen LogP contribution in [0.2, 0.25) is 0 Å². The highest BCUT2D eigenvalue weighted by Gasteiger charge is 2.50. The molecule has 7 atom stereocenters. The molecule has 1 aliphatic heterocycles. The predicted octanol–water partition coefficient (Wildman–Crippen LogP) is 4.15. The van der Waals surface area contributed by atoms with E-state index in [1.54, 1.807) is 4.90 Å². The smallest absolute Gasteiger partial charge is 0.332 e. The average molecular weight is 533 g/mol. The number of nitrogens with zero attached hydrogens (tertiary/aromatic N) is 1. The number of allylic oxidation sites excluding steroid dienone is 3. The first kappa shape index (κ1) is 30.4. The van der Waals surface area contributed by atoms with Crippen molar-refractivity contribution in [2.45, 2.75) is 103 Å². The molecule has 2 amide bonds. The Morgan fingerprint density at radius 2 is 1.84 bits per heavy atom. The van der Waals surface area contributed by atoms with E-state index in [4.69, 9.17) is 10.8 Å². The predicted molar refractivity (Wildman–Crippen MR) is 147 cm³/mol. The Morgan fingerprint density at radius 1 is 1.16 bits per heavy atom. The second kappa shape index (κ2) is 13.3. The molecule has 0 aromatic carbocycles. The fourth-order valence-electron chi connectivity index (χ4n) is 7.41. The molecule has 4 fully saturated rings. The Hall–Kier alpha value is -2.16. The topological polar surface area (TPSA) is 144 Å². The van der Waals surface area contributed by atoms with Crippen molar-refractivity contribution >= 4 is 12.0 Å². The van der Waals surface area contributed by atoms with Crippen LogP contribution < -0.4 is 5.73 Å². The molecule has 0 aromatic heterocycles. The van der Waals surface area contributed by atoms with Gasteiger partial charge in [0.1, 0.15) is 0 Å². The first-order valence-electron chi connectivity index (χ1n) is 14.3. The molecule has 214 valence electrons. The number of aliphatic hydroxyl groups is 3. The standard InChI is InChI=1S/C24H36O5.C6H12N2O/c1-14(11-22(27)23(28)29)19-8-9-20-16(5-4-10-24(19,20)3)6-7-17-12-18(25)13-21(26)15(17)2;7-6(9)8-4-2-1-3-5-8/h6-7,14,18-22,25-27H,2,4-5,8-13H2,1,3H3,(H,28,29);1-5H2,(H2,7,9)/b16-6?,17-7-;/t14-,18+,19-,20+,21-,22?,24-;/m1./s1. The monoisotopic (exact) mass is 532 g/mol. The molecule has 6 N–H and O–H groups in total. The summed E-state index contributed by atoms with van der Waals surface area (Å²) in [6, 6.07) is -0.269. The van der Waals surface area contributed by atoms with Gasteiger partial charge in [0.05, 0.1) is 12.2 Å². The van der Waals surface area contributed by atoms with E-state index in [9.17, 15) is 24.9 Å². The number of rotatable bonds is 5. The number of aliphatic carboxylic acids is 1. The summed E-state index contributed by atoms with van der Waals surface area (Å²) < 4.78 is 0. The van der Waals surface area contributed by atoms with Gasteiger partial charge in [-0.25, -0.2) is 9.59 Å². The largest absolute Gasteiger partial charge is 0.479 e. The Labute approximate surface area is 227 Å². The van der Waals surface area contributed by atoms with Crippen LogP contribution in [0, 0.1) is 23.2 Å². The van der Waals surface area contributed by atoms with Crippen LogP contribution in [0.15, 0.2) is 35.5 Å². The number of hydrogen-bond donors (Lipinski definition) is 5. The van der Waals surface area contributed by atoms with Gasteiger partial charge in [-0.3, -0.25) is 0 Å². The quantitative estimate of drug-likeness (QED) is 0.360. The summed E-state index contributed by atoms with van der Waals surface area (Å²) in [6.45, 7) is 10.1. The highest BCUT2D eigenvalue weighted by molar-refractivity contribution is 5.72. The van der Waals surface area contributed by atoms with E-state index < -0.39 is 24.3 Å². The highest BCUT2D eigenvalue weighted by Crippen LogP contribution is 2.59. The molecule has 1 saturated heterocycles. The van der Waals surface area contributed by atoms with Gasteiger partial charge in [-0.1, -0.05) is 38.2 Å². The van der Waals surface area contributed by atoms with Crippen molar-refractivity contribution < 1.29 is 30.0 Å². The number of carbonyl (C=O) groups is 2. The number of carboxylic acid groups (broad SMARTS) is 1. The van der Waals surface area contributed by atoms with Gasteiger partial charge in [-0.2, -0.15) is 0 Å². The van der Waals surface area contributed by atoms with Crippen molar-refractivity contribution in [3.63, 3.8) is 0 Å². The highest BCUT2D eigenvalue weighted by atomic mass is 16.4. The second-order valence-corrected chi connectivity index (χ2v) is 12.1. The van der Waals surface area contributed by atoms with Gasteiger partial charge in [0.2, 0.25) is 0 Å². The molecule has 4 rings (SSSR count). The first-order valence-corrected chi connectivity index (χ1v) is 14.3. The van der Waals surface area contributed by atoms with E-state index in [0.717, 1.165) is 63.6 Å². The van der Waals surface area contributed by atoms with E-state index >= 15 is 0 Å². The lowest BCUT2D eigenvalue weighted by Crippen LogP contribution is -2.39. The number of hydrogen-bond acceptors (Lipinski definition) is 5. The number of piperidine rings is 1. The molecule has 38 heavy (non-hydrogen) atoms. The zero-order valence-electron chi connectivity index (χ0n) is 23.1. The number of fused-ring (bicyclic) bond motifs is 1. The molecule has 0 spiro atoms. The molecule has 8 nitrogen and oxygen atoms in total. The van der Waals surface area contributed by atoms with Crippen LogP contribution in [0.3, 0.4) is 0 Å². The van der Waals surface area contributed by atoms with Gasteiger partial charge in [-0.15, -0.1) is 0 Å². The fraction of sp³-hybridized carbons (Fsp3) is 0.733. The van der Waals surface area contributed by atoms with Crippen LogP contribution >= 0.6 is 0 Å². The number of nitrogens with two attached hydrogens (primary N) is 1. The molecular weight excluding hydrogens is 484 g/mol. The van der Waals surface area contributed by atoms with E-state index in [1.807, 2.05) is 6.08 Å². The summed E-state index contributed by atoms with van der Waals surface area (Å²) in [5, 5.41) is 38.9.